The fourth-order valence-corrected chi connectivity index (χ4v) is 3.33. The summed E-state index contributed by atoms with van der Waals surface area (Å²) in [7, 11) is 1.44. The van der Waals surface area contributed by atoms with Gasteiger partial charge in [-0.25, -0.2) is 9.78 Å². The van der Waals surface area contributed by atoms with Crippen LogP contribution in [-0.4, -0.2) is 39.4 Å². The SMILES string of the molecule is COC(c1ccccc1)(c1ccccc1)[C@@H](Oc1nc(C)cc(CO)n1)C(=O)O. The second-order valence-electron chi connectivity index (χ2n) is 6.45. The van der Waals surface area contributed by atoms with Crippen LogP contribution in [0.15, 0.2) is 66.7 Å². The molecule has 0 aliphatic heterocycles. The second-order valence-corrected chi connectivity index (χ2v) is 6.45. The normalized spacial score (nSPS) is 12.4. The number of aliphatic hydroxyl groups excluding tert-OH is 1. The lowest BCUT2D eigenvalue weighted by Crippen LogP contribution is -2.50. The van der Waals surface area contributed by atoms with E-state index in [0.29, 0.717) is 22.5 Å². The van der Waals surface area contributed by atoms with Crippen molar-refractivity contribution in [3.05, 3.63) is 89.2 Å². The quantitative estimate of drug-likeness (QED) is 0.606. The Labute approximate surface area is 168 Å². The van der Waals surface area contributed by atoms with Crippen LogP contribution in [0.5, 0.6) is 6.01 Å². The van der Waals surface area contributed by atoms with Crippen LogP contribution in [0.1, 0.15) is 22.5 Å². The van der Waals surface area contributed by atoms with Gasteiger partial charge in [0.1, 0.15) is 0 Å². The third-order valence-electron chi connectivity index (χ3n) is 4.59. The number of aryl methyl sites for hydroxylation is 1. The summed E-state index contributed by atoms with van der Waals surface area (Å²) in [6.07, 6.45) is -1.49. The summed E-state index contributed by atoms with van der Waals surface area (Å²) < 4.78 is 11.7. The van der Waals surface area contributed by atoms with Gasteiger partial charge in [0.05, 0.1) is 12.3 Å². The van der Waals surface area contributed by atoms with Crippen molar-refractivity contribution in [3.8, 4) is 6.01 Å². The molecular weight excluding hydrogens is 372 g/mol. The highest BCUT2D eigenvalue weighted by atomic mass is 16.6. The van der Waals surface area contributed by atoms with E-state index in [2.05, 4.69) is 9.97 Å². The molecule has 0 amide bonds. The molecule has 1 heterocycles. The predicted molar refractivity (Wildman–Crippen MR) is 105 cm³/mol. The van der Waals surface area contributed by atoms with Gasteiger partial charge in [-0.1, -0.05) is 60.7 Å². The Kier molecular flexibility index (Phi) is 6.21. The molecule has 0 aliphatic rings. The molecule has 0 saturated carbocycles. The number of carbonyl (C=O) groups is 1. The molecule has 3 rings (SSSR count). The van der Waals surface area contributed by atoms with E-state index in [1.165, 1.54) is 7.11 Å². The van der Waals surface area contributed by atoms with Crippen molar-refractivity contribution >= 4 is 5.97 Å². The number of methoxy groups -OCH3 is 1. The van der Waals surface area contributed by atoms with E-state index < -0.39 is 17.7 Å². The Hall–Kier alpha value is -3.29. The average molecular weight is 394 g/mol. The summed E-state index contributed by atoms with van der Waals surface area (Å²) in [6.45, 7) is 1.39. The molecule has 0 bridgehead atoms. The zero-order valence-electron chi connectivity index (χ0n) is 16.1. The highest BCUT2D eigenvalue weighted by Gasteiger charge is 2.49. The molecule has 7 nitrogen and oxygen atoms in total. The van der Waals surface area contributed by atoms with E-state index in [-0.39, 0.29) is 12.6 Å². The van der Waals surface area contributed by atoms with Crippen molar-refractivity contribution in [2.45, 2.75) is 25.2 Å². The first-order valence-corrected chi connectivity index (χ1v) is 9.02. The lowest BCUT2D eigenvalue weighted by Gasteiger charge is -2.37. The Morgan fingerprint density at radius 2 is 1.59 bits per heavy atom. The molecular formula is C22H22N2O5. The van der Waals surface area contributed by atoms with Gasteiger partial charge in [-0.05, 0) is 24.1 Å². The van der Waals surface area contributed by atoms with E-state index in [4.69, 9.17) is 9.47 Å². The second kappa shape index (κ2) is 8.81. The number of benzene rings is 2. The van der Waals surface area contributed by atoms with Gasteiger partial charge >= 0.3 is 12.0 Å². The van der Waals surface area contributed by atoms with Crippen molar-refractivity contribution < 1.29 is 24.5 Å². The maximum atomic E-state index is 12.4. The maximum Gasteiger partial charge on any atom is 0.348 e. The predicted octanol–water partition coefficient (Wildman–Crippen LogP) is 2.70. The van der Waals surface area contributed by atoms with Gasteiger partial charge in [0.15, 0.2) is 5.60 Å². The molecule has 0 unspecified atom stereocenters. The van der Waals surface area contributed by atoms with Crippen LogP contribution in [0.2, 0.25) is 0 Å². The molecule has 150 valence electrons. The van der Waals surface area contributed by atoms with Gasteiger partial charge in [-0.2, -0.15) is 4.98 Å². The smallest absolute Gasteiger partial charge is 0.348 e. The zero-order valence-corrected chi connectivity index (χ0v) is 16.1. The van der Waals surface area contributed by atoms with Crippen LogP contribution in [0.4, 0.5) is 0 Å². The Morgan fingerprint density at radius 3 is 2.03 bits per heavy atom. The number of rotatable bonds is 8. The highest BCUT2D eigenvalue weighted by molar-refractivity contribution is 5.76. The molecule has 2 N–H and O–H groups in total. The summed E-state index contributed by atoms with van der Waals surface area (Å²) in [5, 5.41) is 19.5. The Bertz CT molecular complexity index is 924. The highest BCUT2D eigenvalue weighted by Crippen LogP contribution is 2.38. The summed E-state index contributed by atoms with van der Waals surface area (Å²) in [5.41, 5.74) is 0.637. The van der Waals surface area contributed by atoms with Gasteiger partial charge in [-0.3, -0.25) is 0 Å². The zero-order chi connectivity index (χ0) is 20.9. The molecule has 7 heteroatoms. The van der Waals surface area contributed by atoms with Crippen molar-refractivity contribution in [3.63, 3.8) is 0 Å². The number of hydrogen-bond donors (Lipinski definition) is 2. The lowest BCUT2D eigenvalue weighted by molar-refractivity contribution is -0.160. The third kappa shape index (κ3) is 4.11. The van der Waals surface area contributed by atoms with Gasteiger partial charge in [-0.15, -0.1) is 0 Å². The van der Waals surface area contributed by atoms with E-state index in [1.54, 1.807) is 61.5 Å². The van der Waals surface area contributed by atoms with Crippen molar-refractivity contribution in [2.24, 2.45) is 0 Å². The first-order valence-electron chi connectivity index (χ1n) is 9.02. The van der Waals surface area contributed by atoms with Gasteiger partial charge in [0, 0.05) is 12.8 Å². The number of carboxylic acid groups (broad SMARTS) is 1. The molecule has 0 saturated heterocycles. The summed E-state index contributed by atoms with van der Waals surface area (Å²) in [4.78, 5) is 20.7. The van der Waals surface area contributed by atoms with Crippen molar-refractivity contribution in [1.29, 1.82) is 0 Å². The number of aliphatic carboxylic acids is 1. The topological polar surface area (TPSA) is 102 Å². The molecule has 1 aromatic heterocycles. The fraction of sp³-hybridized carbons (Fsp3) is 0.227. The molecule has 3 aromatic rings. The monoisotopic (exact) mass is 394 g/mol. The molecule has 2 aromatic carbocycles. The largest absolute Gasteiger partial charge is 0.478 e. The van der Waals surface area contributed by atoms with Crippen LogP contribution in [-0.2, 0) is 21.7 Å². The van der Waals surface area contributed by atoms with Crippen LogP contribution < -0.4 is 4.74 Å². The molecule has 0 radical (unpaired) electrons. The van der Waals surface area contributed by atoms with Gasteiger partial charge in [0.25, 0.3) is 0 Å². The number of nitrogens with zero attached hydrogens (tertiary/aromatic N) is 2. The van der Waals surface area contributed by atoms with E-state index in [9.17, 15) is 15.0 Å². The molecule has 0 fully saturated rings. The van der Waals surface area contributed by atoms with E-state index in [1.807, 2.05) is 12.1 Å². The molecule has 29 heavy (non-hydrogen) atoms. The van der Waals surface area contributed by atoms with Gasteiger partial charge in [0.2, 0.25) is 6.10 Å². The maximum absolute atomic E-state index is 12.4. The number of carboxylic acids is 1. The lowest BCUT2D eigenvalue weighted by atomic mass is 9.81. The summed E-state index contributed by atoms with van der Waals surface area (Å²) in [5.74, 6) is -1.24. The first kappa shape index (κ1) is 20.4. The first-order chi connectivity index (χ1) is 14.0. The van der Waals surface area contributed by atoms with Gasteiger partial charge < -0.3 is 19.7 Å². The molecule has 1 atom stereocenters. The minimum Gasteiger partial charge on any atom is -0.478 e. The minimum absolute atomic E-state index is 0.144. The Morgan fingerprint density at radius 1 is 1.03 bits per heavy atom. The number of aliphatic hydroxyl groups is 1. The van der Waals surface area contributed by atoms with Crippen LogP contribution >= 0.6 is 0 Å². The van der Waals surface area contributed by atoms with E-state index >= 15 is 0 Å². The molecule has 0 spiro atoms. The Balaban J connectivity index is 2.18. The van der Waals surface area contributed by atoms with Crippen LogP contribution in [0, 0.1) is 6.92 Å². The summed E-state index contributed by atoms with van der Waals surface area (Å²) >= 11 is 0. The third-order valence-corrected chi connectivity index (χ3v) is 4.59. The number of ether oxygens (including phenoxy) is 2. The molecule has 0 aliphatic carbocycles. The van der Waals surface area contributed by atoms with Crippen molar-refractivity contribution in [2.75, 3.05) is 7.11 Å². The number of aromatic nitrogens is 2. The van der Waals surface area contributed by atoms with E-state index in [0.717, 1.165) is 0 Å². The minimum atomic E-state index is -1.49. The number of hydrogen-bond acceptors (Lipinski definition) is 6. The average Bonchev–Trinajstić information content (AvgIpc) is 2.75. The van der Waals surface area contributed by atoms with Crippen LogP contribution in [0.25, 0.3) is 0 Å². The van der Waals surface area contributed by atoms with Crippen molar-refractivity contribution in [1.82, 2.24) is 9.97 Å². The standard InChI is InChI=1S/C22H22N2O5/c1-15-13-18(14-25)24-21(23-15)29-19(20(26)27)22(28-2,16-9-5-3-6-10-16)17-11-7-4-8-12-17/h3-13,19,25H,14H2,1-2H3,(H,26,27)/t19-/m0/s1. The fourth-order valence-electron chi connectivity index (χ4n) is 3.33. The summed E-state index contributed by atoms with van der Waals surface area (Å²) in [6, 6.07) is 19.5. The van der Waals surface area contributed by atoms with Crippen LogP contribution in [0.3, 0.4) is 0 Å².